The molecule has 2 heterocycles. The van der Waals surface area contributed by atoms with Crippen molar-refractivity contribution in [1.29, 1.82) is 0 Å². The third kappa shape index (κ3) is 4.84. The van der Waals surface area contributed by atoms with E-state index >= 15 is 0 Å². The van der Waals surface area contributed by atoms with E-state index in [0.29, 0.717) is 16.8 Å². The van der Waals surface area contributed by atoms with Gasteiger partial charge in [-0.1, -0.05) is 18.2 Å². The molecule has 0 aliphatic carbocycles. The van der Waals surface area contributed by atoms with E-state index in [2.05, 4.69) is 14.8 Å². The van der Waals surface area contributed by atoms with Crippen molar-refractivity contribution in [1.82, 2.24) is 14.8 Å². The van der Waals surface area contributed by atoms with Gasteiger partial charge in [0.15, 0.2) is 5.52 Å². The first-order chi connectivity index (χ1) is 16.6. The van der Waals surface area contributed by atoms with Crippen molar-refractivity contribution in [3.05, 3.63) is 70.2 Å². The van der Waals surface area contributed by atoms with Crippen LogP contribution in [0.5, 0.6) is 5.75 Å². The standard InChI is InChI=1S/C22H21FN6O5S/c1-3-35(32,33)27-16-9-6-14(10-18(16)34-12-13-4-7-15(23)8-5-13)20-19-21(28(2)26-20)17(29(30)31)11-25-22(19)24/h4-11,27H,3,12H2,1-2H3,(H2,24,25). The third-order valence-corrected chi connectivity index (χ3v) is 6.57. The van der Waals surface area contributed by atoms with E-state index < -0.39 is 20.8 Å². The maximum absolute atomic E-state index is 13.2. The van der Waals surface area contributed by atoms with Crippen LogP contribution in [0.4, 0.5) is 21.6 Å². The second kappa shape index (κ2) is 9.18. The SMILES string of the molecule is CCS(=O)(=O)Nc1ccc(-c2nn(C)c3c([N+](=O)[O-])cnc(N)c23)cc1OCc1ccc(F)cc1. The normalized spacial score (nSPS) is 11.5. The molecule has 3 N–H and O–H groups in total. The first-order valence-electron chi connectivity index (χ1n) is 10.4. The Kier molecular flexibility index (Phi) is 6.26. The fraction of sp³-hybridized carbons (Fsp3) is 0.182. The van der Waals surface area contributed by atoms with Crippen LogP contribution in [0.25, 0.3) is 22.2 Å². The van der Waals surface area contributed by atoms with Crippen LogP contribution in [-0.4, -0.2) is 33.9 Å². The molecule has 0 spiro atoms. The molecule has 11 nitrogen and oxygen atoms in total. The minimum absolute atomic E-state index is 0.0305. The predicted octanol–water partition coefficient (Wildman–Crippen LogP) is 3.61. The highest BCUT2D eigenvalue weighted by Gasteiger charge is 2.24. The number of hydrogen-bond acceptors (Lipinski definition) is 8. The van der Waals surface area contributed by atoms with Gasteiger partial charge in [0.25, 0.3) is 0 Å². The second-order valence-electron chi connectivity index (χ2n) is 7.61. The van der Waals surface area contributed by atoms with Gasteiger partial charge in [0.2, 0.25) is 10.0 Å². The first-order valence-corrected chi connectivity index (χ1v) is 12.0. The van der Waals surface area contributed by atoms with E-state index in [1.54, 1.807) is 31.3 Å². The third-order valence-electron chi connectivity index (χ3n) is 5.28. The summed E-state index contributed by atoms with van der Waals surface area (Å²) in [6.45, 7) is 1.53. The average Bonchev–Trinajstić information content (AvgIpc) is 3.17. The van der Waals surface area contributed by atoms with Crippen LogP contribution in [0.2, 0.25) is 0 Å². The van der Waals surface area contributed by atoms with Crippen molar-refractivity contribution >= 4 is 38.1 Å². The number of rotatable bonds is 8. The molecule has 0 radical (unpaired) electrons. The van der Waals surface area contributed by atoms with Gasteiger partial charge in [0.05, 0.1) is 21.7 Å². The van der Waals surface area contributed by atoms with Crippen molar-refractivity contribution in [2.24, 2.45) is 7.05 Å². The molecular formula is C22H21FN6O5S. The number of benzene rings is 2. The Morgan fingerprint density at radius 2 is 1.94 bits per heavy atom. The maximum atomic E-state index is 13.2. The molecule has 0 saturated carbocycles. The maximum Gasteiger partial charge on any atom is 0.313 e. The van der Waals surface area contributed by atoms with Gasteiger partial charge in [-0.25, -0.2) is 17.8 Å². The van der Waals surface area contributed by atoms with Gasteiger partial charge in [-0.15, -0.1) is 0 Å². The minimum atomic E-state index is -3.62. The molecule has 0 atom stereocenters. The number of hydrogen-bond donors (Lipinski definition) is 2. The number of fused-ring (bicyclic) bond motifs is 1. The molecule has 13 heteroatoms. The van der Waals surface area contributed by atoms with Crippen molar-refractivity contribution in [2.75, 3.05) is 16.2 Å². The summed E-state index contributed by atoms with van der Waals surface area (Å²) < 4.78 is 47.3. The number of nitro groups is 1. The van der Waals surface area contributed by atoms with E-state index in [1.165, 1.54) is 29.8 Å². The van der Waals surface area contributed by atoms with Gasteiger partial charge in [0, 0.05) is 12.6 Å². The number of anilines is 2. The molecule has 0 aliphatic heterocycles. The Bertz CT molecular complexity index is 1540. The van der Waals surface area contributed by atoms with E-state index in [4.69, 9.17) is 10.5 Å². The number of aromatic nitrogens is 3. The molecule has 2 aromatic carbocycles. The van der Waals surface area contributed by atoms with E-state index in [1.807, 2.05) is 0 Å². The van der Waals surface area contributed by atoms with Crippen molar-refractivity contribution < 1.29 is 22.5 Å². The van der Waals surface area contributed by atoms with Gasteiger partial charge >= 0.3 is 5.69 Å². The molecule has 0 saturated heterocycles. The van der Waals surface area contributed by atoms with Crippen LogP contribution in [-0.2, 0) is 23.7 Å². The zero-order valence-corrected chi connectivity index (χ0v) is 19.5. The van der Waals surface area contributed by atoms with E-state index in [-0.39, 0.29) is 46.2 Å². The number of pyridine rings is 1. The van der Waals surface area contributed by atoms with Gasteiger partial charge in [-0.3, -0.25) is 19.5 Å². The zero-order valence-electron chi connectivity index (χ0n) is 18.7. The van der Waals surface area contributed by atoms with Crippen LogP contribution in [0.15, 0.2) is 48.7 Å². The molecule has 4 aromatic rings. The lowest BCUT2D eigenvalue weighted by atomic mass is 10.1. The Morgan fingerprint density at radius 1 is 1.23 bits per heavy atom. The van der Waals surface area contributed by atoms with Gasteiger partial charge in [0.1, 0.15) is 35.9 Å². The minimum Gasteiger partial charge on any atom is -0.487 e. The summed E-state index contributed by atoms with van der Waals surface area (Å²) in [6.07, 6.45) is 1.07. The molecule has 4 rings (SSSR count). The largest absolute Gasteiger partial charge is 0.487 e. The van der Waals surface area contributed by atoms with Gasteiger partial charge in [-0.2, -0.15) is 5.10 Å². The van der Waals surface area contributed by atoms with E-state index in [9.17, 15) is 22.9 Å². The number of aryl methyl sites for hydroxylation is 1. The van der Waals surface area contributed by atoms with Crippen LogP contribution in [0.3, 0.4) is 0 Å². The fourth-order valence-corrected chi connectivity index (χ4v) is 4.16. The smallest absolute Gasteiger partial charge is 0.313 e. The highest BCUT2D eigenvalue weighted by molar-refractivity contribution is 7.92. The van der Waals surface area contributed by atoms with Gasteiger partial charge in [-0.05, 0) is 36.8 Å². The summed E-state index contributed by atoms with van der Waals surface area (Å²) in [7, 11) is -2.07. The lowest BCUT2D eigenvalue weighted by Crippen LogP contribution is -2.15. The summed E-state index contributed by atoms with van der Waals surface area (Å²) in [5, 5.41) is 16.2. The zero-order chi connectivity index (χ0) is 25.3. The Labute approximate surface area is 199 Å². The Morgan fingerprint density at radius 3 is 2.60 bits per heavy atom. The van der Waals surface area contributed by atoms with Crippen LogP contribution in [0.1, 0.15) is 12.5 Å². The molecule has 2 aromatic heterocycles. The first kappa shape index (κ1) is 23.9. The van der Waals surface area contributed by atoms with Crippen molar-refractivity contribution in [2.45, 2.75) is 13.5 Å². The van der Waals surface area contributed by atoms with Crippen molar-refractivity contribution in [3.8, 4) is 17.0 Å². The topological polar surface area (TPSA) is 155 Å². The number of nitrogen functional groups attached to an aromatic ring is 1. The Balaban J connectivity index is 1.82. The summed E-state index contributed by atoms with van der Waals surface area (Å²) in [5.41, 5.74) is 7.63. The number of nitrogens with zero attached hydrogens (tertiary/aromatic N) is 4. The lowest BCUT2D eigenvalue weighted by molar-refractivity contribution is -0.383. The summed E-state index contributed by atoms with van der Waals surface area (Å²) >= 11 is 0. The number of sulfonamides is 1. The van der Waals surface area contributed by atoms with Crippen LogP contribution < -0.4 is 15.2 Å². The molecule has 0 fully saturated rings. The van der Waals surface area contributed by atoms with Crippen LogP contribution >= 0.6 is 0 Å². The molecular weight excluding hydrogens is 479 g/mol. The number of halogens is 1. The highest BCUT2D eigenvalue weighted by atomic mass is 32.2. The average molecular weight is 501 g/mol. The number of nitrogens with two attached hydrogens (primary N) is 1. The quantitative estimate of drug-likeness (QED) is 0.275. The van der Waals surface area contributed by atoms with E-state index in [0.717, 1.165) is 6.20 Å². The van der Waals surface area contributed by atoms with Crippen molar-refractivity contribution in [3.63, 3.8) is 0 Å². The molecule has 35 heavy (non-hydrogen) atoms. The fourth-order valence-electron chi connectivity index (χ4n) is 3.51. The molecule has 0 amide bonds. The lowest BCUT2D eigenvalue weighted by Gasteiger charge is -2.14. The summed E-state index contributed by atoms with van der Waals surface area (Å²) in [5.74, 6) is -0.310. The highest BCUT2D eigenvalue weighted by Crippen LogP contribution is 2.38. The number of ether oxygens (including phenoxy) is 1. The molecule has 0 bridgehead atoms. The summed E-state index contributed by atoms with van der Waals surface area (Å²) in [6, 6.07) is 10.3. The Hall–Kier alpha value is -4.26. The second-order valence-corrected chi connectivity index (χ2v) is 9.62. The molecule has 182 valence electrons. The molecule has 0 unspecified atom stereocenters. The molecule has 0 aliphatic rings. The van der Waals surface area contributed by atoms with Crippen LogP contribution in [0, 0.1) is 15.9 Å². The van der Waals surface area contributed by atoms with Gasteiger partial charge < -0.3 is 10.5 Å². The monoisotopic (exact) mass is 500 g/mol. The summed E-state index contributed by atoms with van der Waals surface area (Å²) in [4.78, 5) is 14.9. The predicted molar refractivity (Wildman–Crippen MR) is 129 cm³/mol. The number of nitrogens with one attached hydrogen (secondary N) is 1.